The van der Waals surface area contributed by atoms with Crippen molar-refractivity contribution < 1.29 is 9.10 Å². The van der Waals surface area contributed by atoms with Gasteiger partial charge in [-0.25, -0.2) is 5.17 Å². The second kappa shape index (κ2) is 2.82. The minimum atomic E-state index is -0.416. The Balaban J connectivity index is 2.17. The van der Waals surface area contributed by atoms with Gasteiger partial charge in [-0.05, 0) is 12.1 Å². The highest BCUT2D eigenvalue weighted by atomic mass is 27.2. The zero-order valence-electron chi connectivity index (χ0n) is 5.71. The normalized spacial score (nSPS) is 17.4. The Kier molecular flexibility index (Phi) is 1.82. The molecule has 1 fully saturated rings. The first-order chi connectivity index (χ1) is 5.38. The van der Waals surface area contributed by atoms with Crippen molar-refractivity contribution in [3.63, 3.8) is 0 Å². The number of benzene rings is 1. The largest absolute Gasteiger partial charge is 0.654 e. The molecule has 2 rings (SSSR count). The Hall–Kier alpha value is -0.568. The van der Waals surface area contributed by atoms with Crippen molar-refractivity contribution in [1.82, 2.24) is 4.16 Å². The molecule has 1 aliphatic rings. The van der Waals surface area contributed by atoms with Gasteiger partial charge in [-0.2, -0.15) is 0 Å². The molecule has 0 aliphatic carbocycles. The molecule has 0 atom stereocenters. The van der Waals surface area contributed by atoms with Gasteiger partial charge in [-0.3, -0.25) is 0 Å². The van der Waals surface area contributed by atoms with Gasteiger partial charge in [0.15, 0.2) is 0 Å². The maximum absolute atomic E-state index is 9.03. The van der Waals surface area contributed by atoms with Crippen molar-refractivity contribution in [2.75, 3.05) is 5.17 Å². The lowest BCUT2D eigenvalue weighted by Gasteiger charge is -2.39. The van der Waals surface area contributed by atoms with Crippen LogP contribution in [0.15, 0.2) is 30.3 Å². The van der Waals surface area contributed by atoms with E-state index < -0.39 is 15.8 Å². The van der Waals surface area contributed by atoms with E-state index in [-0.39, 0.29) is 0 Å². The van der Waals surface area contributed by atoms with Gasteiger partial charge < -0.3 is 9.10 Å². The summed E-state index contributed by atoms with van der Waals surface area (Å²) in [6.45, 7) is 0. The van der Waals surface area contributed by atoms with Gasteiger partial charge in [0, 0.05) is 0 Å². The number of hydrogen-bond donors (Lipinski definition) is 1. The topological polar surface area (TPSA) is 35.9 Å². The summed E-state index contributed by atoms with van der Waals surface area (Å²) in [6, 6.07) is 9.42. The molecule has 0 saturated carbocycles. The second-order valence-electron chi connectivity index (χ2n) is 2.14. The van der Waals surface area contributed by atoms with E-state index in [2.05, 4.69) is 0 Å². The zero-order chi connectivity index (χ0) is 7.68. The summed E-state index contributed by atoms with van der Waals surface area (Å²) in [5.74, 6) is 0. The molecule has 0 amide bonds. The predicted octanol–water partition coefficient (Wildman–Crippen LogP) is 0.579. The molecule has 1 radical (unpaired) electrons. The lowest BCUT2D eigenvalue weighted by Crippen LogP contribution is -2.56. The number of anilines is 1. The van der Waals surface area contributed by atoms with E-state index in [0.29, 0.717) is 0 Å². The van der Waals surface area contributed by atoms with Crippen LogP contribution in [0.3, 0.4) is 0 Å². The molecule has 0 bridgehead atoms. The third kappa shape index (κ3) is 1.25. The molecule has 0 aromatic heterocycles. The van der Waals surface area contributed by atoms with E-state index in [4.69, 9.17) is 9.10 Å². The predicted molar refractivity (Wildman–Crippen MR) is 39.4 cm³/mol. The highest BCUT2D eigenvalue weighted by Gasteiger charge is 2.29. The summed E-state index contributed by atoms with van der Waals surface area (Å²) in [4.78, 5) is 0. The molecule has 1 aliphatic heterocycles. The van der Waals surface area contributed by atoms with Crippen LogP contribution in [0.2, 0.25) is 0 Å². The van der Waals surface area contributed by atoms with Gasteiger partial charge in [0.2, 0.25) is 0 Å². The van der Waals surface area contributed by atoms with Gasteiger partial charge in [0.25, 0.3) is 0 Å². The van der Waals surface area contributed by atoms with Gasteiger partial charge in [0.1, 0.15) is 0 Å². The summed E-state index contributed by atoms with van der Waals surface area (Å²) >= 11 is -0.416. The zero-order valence-corrected chi connectivity index (χ0v) is 6.87. The van der Waals surface area contributed by atoms with Gasteiger partial charge in [-0.15, -0.1) is 4.16 Å². The van der Waals surface area contributed by atoms with Crippen LogP contribution < -0.4 is 5.17 Å². The van der Waals surface area contributed by atoms with Gasteiger partial charge >= 0.3 is 15.8 Å². The van der Waals surface area contributed by atoms with Crippen molar-refractivity contribution in [3.8, 4) is 0 Å². The minimum absolute atomic E-state index is 0.416. The van der Waals surface area contributed by atoms with E-state index >= 15 is 0 Å². The summed E-state index contributed by atoms with van der Waals surface area (Å²) in [6.07, 6.45) is 0. The van der Waals surface area contributed by atoms with Crippen molar-refractivity contribution >= 4 is 21.5 Å². The quantitative estimate of drug-likeness (QED) is 0.617. The van der Waals surface area contributed by atoms with Crippen LogP contribution in [0.1, 0.15) is 0 Å². The highest BCUT2D eigenvalue weighted by Crippen LogP contribution is 2.18. The Morgan fingerprint density at radius 1 is 1.27 bits per heavy atom. The van der Waals surface area contributed by atoms with Crippen LogP contribution in [-0.4, -0.2) is 25.1 Å². The molecule has 0 unspecified atom stereocenters. The van der Waals surface area contributed by atoms with Crippen LogP contribution >= 0.6 is 0 Å². The molecular weight excluding hydrogens is 159 g/mol. The van der Waals surface area contributed by atoms with Crippen molar-refractivity contribution in [2.45, 2.75) is 0 Å². The van der Waals surface area contributed by atoms with Crippen LogP contribution in [0, 0.1) is 0 Å². The molecule has 1 aromatic rings. The van der Waals surface area contributed by atoms with Crippen LogP contribution in [0.25, 0.3) is 0 Å². The first kappa shape index (κ1) is 7.10. The summed E-state index contributed by atoms with van der Waals surface area (Å²) in [7, 11) is 0. The minimum Gasteiger partial charge on any atom is -0.369 e. The van der Waals surface area contributed by atoms with E-state index in [0.717, 1.165) is 9.84 Å². The number of hydrazine groups is 1. The smallest absolute Gasteiger partial charge is 0.369 e. The maximum atomic E-state index is 9.03. The Bertz CT molecular complexity index is 244. The number of para-hydroxylation sites is 1. The molecule has 1 heterocycles. The average molecular weight is 165 g/mol. The van der Waals surface area contributed by atoms with E-state index in [9.17, 15) is 0 Å². The average Bonchev–Trinajstić information content (AvgIpc) is 2.04. The number of nitrogens with zero attached hydrogens (tertiary/aromatic N) is 2. The first-order valence-corrected chi connectivity index (χ1v) is 4.20. The summed E-state index contributed by atoms with van der Waals surface area (Å²) in [5, 5.41) is 10.4. The fourth-order valence-corrected chi connectivity index (χ4v) is 1.40. The third-order valence-corrected chi connectivity index (χ3v) is 2.10. The van der Waals surface area contributed by atoms with Crippen LogP contribution in [-0.2, 0) is 3.89 Å². The second-order valence-corrected chi connectivity index (χ2v) is 3.02. The molecular formula is C6H6AlN2O2. The van der Waals surface area contributed by atoms with Crippen molar-refractivity contribution in [3.05, 3.63) is 30.3 Å². The lowest BCUT2D eigenvalue weighted by molar-refractivity contribution is -0.147. The Labute approximate surface area is 70.7 Å². The van der Waals surface area contributed by atoms with Crippen molar-refractivity contribution in [1.29, 1.82) is 0 Å². The maximum Gasteiger partial charge on any atom is 0.654 e. The third-order valence-electron chi connectivity index (χ3n) is 1.40. The molecule has 5 heteroatoms. The Morgan fingerprint density at radius 3 is 2.45 bits per heavy atom. The number of rotatable bonds is 1. The van der Waals surface area contributed by atoms with Gasteiger partial charge in [0.05, 0.1) is 5.69 Å². The number of hydrogen-bond acceptors (Lipinski definition) is 4. The molecule has 11 heavy (non-hydrogen) atoms. The first-order valence-electron chi connectivity index (χ1n) is 3.21. The fraction of sp³-hybridized carbons (Fsp3) is 0. The molecule has 1 N–H and O–H groups in total. The molecule has 1 saturated heterocycles. The van der Waals surface area contributed by atoms with E-state index in [1.807, 2.05) is 30.3 Å². The SMILES string of the molecule is O[N]1[Al][O]N1c1ccccc1. The fourth-order valence-electron chi connectivity index (χ4n) is 0.871. The standard InChI is InChI=1S/C6H6N2O2.Al/c9-7-8(10)6-4-2-1-3-5-6;/h1-5,9H;/q-2;+2. The van der Waals surface area contributed by atoms with E-state index in [1.165, 1.54) is 5.17 Å². The molecule has 4 nitrogen and oxygen atoms in total. The van der Waals surface area contributed by atoms with Crippen LogP contribution in [0.5, 0.6) is 0 Å². The lowest BCUT2D eigenvalue weighted by atomic mass is 10.3. The Morgan fingerprint density at radius 2 is 2.00 bits per heavy atom. The summed E-state index contributed by atoms with van der Waals surface area (Å²) < 4.78 is 6.10. The van der Waals surface area contributed by atoms with Crippen LogP contribution in [0.4, 0.5) is 5.69 Å². The van der Waals surface area contributed by atoms with E-state index in [1.54, 1.807) is 0 Å². The monoisotopic (exact) mass is 165 g/mol. The molecule has 1 aromatic carbocycles. The summed E-state index contributed by atoms with van der Waals surface area (Å²) in [5.41, 5.74) is 0.841. The van der Waals surface area contributed by atoms with Crippen molar-refractivity contribution in [2.24, 2.45) is 0 Å². The molecule has 55 valence electrons. The molecule has 0 spiro atoms. The highest BCUT2D eigenvalue weighted by molar-refractivity contribution is 6.26. The van der Waals surface area contributed by atoms with Gasteiger partial charge in [-0.1, -0.05) is 18.2 Å².